The molecule has 4 aromatic heterocycles. The molecular formula is C18H17N7O. The second-order valence-corrected chi connectivity index (χ2v) is 5.87. The first-order chi connectivity index (χ1) is 12.7. The van der Waals surface area contributed by atoms with Crippen LogP contribution in [0.3, 0.4) is 0 Å². The van der Waals surface area contributed by atoms with E-state index < -0.39 is 0 Å². The van der Waals surface area contributed by atoms with E-state index in [1.54, 1.807) is 40.9 Å². The molecule has 4 heterocycles. The Morgan fingerprint density at radius 3 is 2.73 bits per heavy atom. The molecule has 0 saturated heterocycles. The molecular weight excluding hydrogens is 330 g/mol. The van der Waals surface area contributed by atoms with Crippen LogP contribution in [-0.2, 0) is 13.5 Å². The van der Waals surface area contributed by atoms with Crippen molar-refractivity contribution in [3.8, 4) is 11.3 Å². The highest BCUT2D eigenvalue weighted by Gasteiger charge is 2.09. The summed E-state index contributed by atoms with van der Waals surface area (Å²) in [5.41, 5.74) is 3.92. The Morgan fingerprint density at radius 1 is 1.12 bits per heavy atom. The third-order valence-electron chi connectivity index (χ3n) is 3.96. The van der Waals surface area contributed by atoms with E-state index in [2.05, 4.69) is 25.5 Å². The van der Waals surface area contributed by atoms with Crippen LogP contribution in [0.5, 0.6) is 0 Å². The third kappa shape index (κ3) is 3.30. The highest BCUT2D eigenvalue weighted by atomic mass is 16.1. The van der Waals surface area contributed by atoms with Crippen LogP contribution in [0.1, 0.15) is 16.2 Å². The quantitative estimate of drug-likeness (QED) is 0.591. The van der Waals surface area contributed by atoms with Gasteiger partial charge in [0.25, 0.3) is 5.91 Å². The van der Waals surface area contributed by atoms with E-state index in [9.17, 15) is 4.79 Å². The van der Waals surface area contributed by atoms with E-state index in [1.807, 2.05) is 30.5 Å². The minimum atomic E-state index is -0.188. The van der Waals surface area contributed by atoms with Crippen LogP contribution >= 0.6 is 0 Å². The van der Waals surface area contributed by atoms with Gasteiger partial charge in [-0.2, -0.15) is 10.2 Å². The Bertz CT molecular complexity index is 1050. The van der Waals surface area contributed by atoms with E-state index in [4.69, 9.17) is 0 Å². The molecule has 0 fully saturated rings. The lowest BCUT2D eigenvalue weighted by Crippen LogP contribution is -2.26. The number of aryl methyl sites for hydroxylation is 1. The van der Waals surface area contributed by atoms with Crippen molar-refractivity contribution in [2.45, 2.75) is 6.42 Å². The number of carbonyl (C=O) groups excluding carboxylic acids is 1. The maximum absolute atomic E-state index is 12.0. The number of carbonyl (C=O) groups is 1. The van der Waals surface area contributed by atoms with Crippen LogP contribution in [0.4, 0.5) is 0 Å². The van der Waals surface area contributed by atoms with Gasteiger partial charge in [0.15, 0.2) is 5.65 Å². The first-order valence-electron chi connectivity index (χ1n) is 8.22. The largest absolute Gasteiger partial charge is 0.350 e. The zero-order chi connectivity index (χ0) is 17.9. The van der Waals surface area contributed by atoms with Gasteiger partial charge in [-0.3, -0.25) is 14.5 Å². The van der Waals surface area contributed by atoms with Crippen LogP contribution in [0, 0.1) is 0 Å². The Kier molecular flexibility index (Phi) is 4.14. The number of aromatic nitrogens is 6. The number of rotatable bonds is 5. The van der Waals surface area contributed by atoms with E-state index in [-0.39, 0.29) is 5.91 Å². The molecule has 0 aromatic carbocycles. The van der Waals surface area contributed by atoms with Gasteiger partial charge in [0.1, 0.15) is 5.69 Å². The highest BCUT2D eigenvalue weighted by molar-refractivity contribution is 5.92. The first-order valence-corrected chi connectivity index (χ1v) is 8.22. The fourth-order valence-corrected chi connectivity index (χ4v) is 2.67. The summed E-state index contributed by atoms with van der Waals surface area (Å²) in [5.74, 6) is -0.188. The van der Waals surface area contributed by atoms with Crippen molar-refractivity contribution in [1.82, 2.24) is 34.7 Å². The maximum atomic E-state index is 12.0. The topological polar surface area (TPSA) is 90.0 Å². The highest BCUT2D eigenvalue weighted by Crippen LogP contribution is 2.16. The predicted molar refractivity (Wildman–Crippen MR) is 95.5 cm³/mol. The molecule has 0 aliphatic rings. The van der Waals surface area contributed by atoms with E-state index in [0.29, 0.717) is 18.7 Å². The molecule has 0 aliphatic heterocycles. The van der Waals surface area contributed by atoms with Crippen LogP contribution in [0.15, 0.2) is 55.1 Å². The van der Waals surface area contributed by atoms with E-state index in [0.717, 1.165) is 22.6 Å². The van der Waals surface area contributed by atoms with Gasteiger partial charge in [-0.1, -0.05) is 0 Å². The van der Waals surface area contributed by atoms with Gasteiger partial charge < -0.3 is 5.32 Å². The van der Waals surface area contributed by atoms with Gasteiger partial charge in [-0.05, 0) is 24.3 Å². The lowest BCUT2D eigenvalue weighted by atomic mass is 10.2. The maximum Gasteiger partial charge on any atom is 0.271 e. The molecule has 0 saturated carbocycles. The van der Waals surface area contributed by atoms with Crippen molar-refractivity contribution < 1.29 is 4.79 Å². The van der Waals surface area contributed by atoms with Gasteiger partial charge in [0.2, 0.25) is 0 Å². The number of amides is 1. The van der Waals surface area contributed by atoms with Gasteiger partial charge in [0, 0.05) is 56.4 Å². The molecule has 0 unspecified atom stereocenters. The zero-order valence-corrected chi connectivity index (χ0v) is 14.2. The van der Waals surface area contributed by atoms with Crippen molar-refractivity contribution in [3.05, 3.63) is 66.5 Å². The normalized spacial score (nSPS) is 11.0. The van der Waals surface area contributed by atoms with Crippen molar-refractivity contribution in [2.24, 2.45) is 7.05 Å². The van der Waals surface area contributed by atoms with Crippen LogP contribution in [0.25, 0.3) is 16.9 Å². The van der Waals surface area contributed by atoms with Crippen LogP contribution in [-0.4, -0.2) is 41.8 Å². The molecule has 130 valence electrons. The molecule has 4 rings (SSSR count). The lowest BCUT2D eigenvalue weighted by Gasteiger charge is -2.00. The number of pyridine rings is 1. The Hall–Kier alpha value is -3.55. The zero-order valence-electron chi connectivity index (χ0n) is 14.2. The molecule has 0 bridgehead atoms. The Balaban J connectivity index is 1.43. The van der Waals surface area contributed by atoms with Crippen molar-refractivity contribution >= 4 is 11.6 Å². The summed E-state index contributed by atoms with van der Waals surface area (Å²) in [6, 6.07) is 9.37. The second-order valence-electron chi connectivity index (χ2n) is 5.87. The van der Waals surface area contributed by atoms with Gasteiger partial charge in [-0.15, -0.1) is 0 Å². The molecule has 0 radical (unpaired) electrons. The average molecular weight is 347 g/mol. The molecule has 8 nitrogen and oxygen atoms in total. The molecule has 0 spiro atoms. The van der Waals surface area contributed by atoms with Crippen molar-refractivity contribution in [1.29, 1.82) is 0 Å². The fourth-order valence-electron chi connectivity index (χ4n) is 2.67. The summed E-state index contributed by atoms with van der Waals surface area (Å²) in [5, 5.41) is 11.4. The summed E-state index contributed by atoms with van der Waals surface area (Å²) in [6.07, 6.45) is 7.73. The van der Waals surface area contributed by atoms with Crippen LogP contribution < -0.4 is 5.32 Å². The lowest BCUT2D eigenvalue weighted by molar-refractivity contribution is 0.0948. The van der Waals surface area contributed by atoms with E-state index >= 15 is 0 Å². The standard InChI is InChI=1S/C18H17N7O/c1-24-10-5-16(23-24)18(26)20-9-4-14-12-17-21-15(6-11-25(17)22-14)13-2-7-19-8-3-13/h2-3,5-8,10-12H,4,9H2,1H3,(H,20,26). The van der Waals surface area contributed by atoms with Crippen LogP contribution in [0.2, 0.25) is 0 Å². The van der Waals surface area contributed by atoms with Gasteiger partial charge in [-0.25, -0.2) is 9.50 Å². The Morgan fingerprint density at radius 2 is 1.96 bits per heavy atom. The third-order valence-corrected chi connectivity index (χ3v) is 3.96. The fraction of sp³-hybridized carbons (Fsp3) is 0.167. The summed E-state index contributed by atoms with van der Waals surface area (Å²) < 4.78 is 3.34. The number of hydrogen-bond acceptors (Lipinski definition) is 5. The Labute approximate surface area is 149 Å². The van der Waals surface area contributed by atoms with E-state index in [1.165, 1.54) is 0 Å². The van der Waals surface area contributed by atoms with Crippen molar-refractivity contribution in [3.63, 3.8) is 0 Å². The molecule has 8 heteroatoms. The number of nitrogens with zero attached hydrogens (tertiary/aromatic N) is 6. The molecule has 0 atom stereocenters. The minimum Gasteiger partial charge on any atom is -0.350 e. The summed E-state index contributed by atoms with van der Waals surface area (Å²) in [7, 11) is 1.78. The molecule has 26 heavy (non-hydrogen) atoms. The monoisotopic (exact) mass is 347 g/mol. The van der Waals surface area contributed by atoms with Gasteiger partial charge in [0.05, 0.1) is 11.4 Å². The molecule has 1 N–H and O–H groups in total. The molecule has 1 amide bonds. The number of nitrogens with one attached hydrogen (secondary N) is 1. The minimum absolute atomic E-state index is 0.188. The summed E-state index contributed by atoms with van der Waals surface area (Å²) in [6.45, 7) is 0.483. The predicted octanol–water partition coefficient (Wildman–Crippen LogP) is 1.50. The summed E-state index contributed by atoms with van der Waals surface area (Å²) in [4.78, 5) is 20.6. The smallest absolute Gasteiger partial charge is 0.271 e. The first kappa shape index (κ1) is 15.9. The SMILES string of the molecule is Cn1ccc(C(=O)NCCc2cc3nc(-c4ccncc4)ccn3n2)n1. The second kappa shape index (κ2) is 6.75. The van der Waals surface area contributed by atoms with Crippen molar-refractivity contribution in [2.75, 3.05) is 6.54 Å². The number of hydrogen-bond donors (Lipinski definition) is 1. The molecule has 0 aliphatic carbocycles. The summed E-state index contributed by atoms with van der Waals surface area (Å²) >= 11 is 0. The average Bonchev–Trinajstić information content (AvgIpc) is 3.27. The number of fused-ring (bicyclic) bond motifs is 1. The molecule has 4 aromatic rings. The van der Waals surface area contributed by atoms with Gasteiger partial charge >= 0.3 is 0 Å².